The summed E-state index contributed by atoms with van der Waals surface area (Å²) in [5.41, 5.74) is 6.52. The van der Waals surface area contributed by atoms with Crippen molar-refractivity contribution in [3.8, 4) is 5.69 Å². The topological polar surface area (TPSA) is 17.0 Å². The Hall–Kier alpha value is -2.32. The minimum absolute atomic E-state index is 0.230. The zero-order valence-corrected chi connectivity index (χ0v) is 12.1. The van der Waals surface area contributed by atoms with Crippen molar-refractivity contribution in [2.75, 3.05) is 0 Å². The second-order valence-electron chi connectivity index (χ2n) is 5.66. The predicted molar refractivity (Wildman–Crippen MR) is 85.6 cm³/mol. The van der Waals surface area contributed by atoms with Gasteiger partial charge in [-0.25, -0.2) is 0 Å². The highest BCUT2D eigenvalue weighted by Crippen LogP contribution is 2.30. The van der Waals surface area contributed by atoms with Crippen molar-refractivity contribution in [1.82, 2.24) is 9.88 Å². The number of para-hydroxylation sites is 1. The molecule has 1 aliphatic rings. The fraction of sp³-hybridized carbons (Fsp3) is 0.158. The van der Waals surface area contributed by atoms with Crippen molar-refractivity contribution in [2.24, 2.45) is 0 Å². The molecular formula is C19H18N2. The Morgan fingerprint density at radius 1 is 0.952 bits per heavy atom. The van der Waals surface area contributed by atoms with Gasteiger partial charge in [0.15, 0.2) is 0 Å². The van der Waals surface area contributed by atoms with Crippen molar-refractivity contribution < 1.29 is 0 Å². The molecule has 0 bridgehead atoms. The molecule has 1 atom stereocenters. The normalized spacial score (nSPS) is 16.9. The first-order valence-corrected chi connectivity index (χ1v) is 7.38. The standard InChI is InChI=1S/C19H18N2/c1-14-8-10-15(11-9-14)19-18-7-4-12-21(18)17-6-3-2-5-16(17)13-20-19/h2-12,19-20H,13H2,1H3/t19-/m1/s1. The zero-order chi connectivity index (χ0) is 14.2. The van der Waals surface area contributed by atoms with Crippen LogP contribution in [0.2, 0.25) is 0 Å². The molecule has 2 heteroatoms. The molecule has 0 spiro atoms. The molecule has 4 rings (SSSR count). The summed E-state index contributed by atoms with van der Waals surface area (Å²) in [5, 5.41) is 3.70. The highest BCUT2D eigenvalue weighted by atomic mass is 15.1. The van der Waals surface area contributed by atoms with E-state index in [2.05, 4.69) is 83.7 Å². The van der Waals surface area contributed by atoms with Crippen LogP contribution in [-0.4, -0.2) is 4.57 Å². The highest BCUT2D eigenvalue weighted by Gasteiger charge is 2.22. The maximum atomic E-state index is 3.70. The average Bonchev–Trinajstić information content (AvgIpc) is 2.93. The Balaban J connectivity index is 1.85. The van der Waals surface area contributed by atoms with Crippen LogP contribution in [0.5, 0.6) is 0 Å². The maximum absolute atomic E-state index is 3.70. The molecule has 1 N–H and O–H groups in total. The van der Waals surface area contributed by atoms with E-state index in [1.165, 1.54) is 28.1 Å². The number of nitrogens with zero attached hydrogens (tertiary/aromatic N) is 1. The van der Waals surface area contributed by atoms with Crippen molar-refractivity contribution in [1.29, 1.82) is 0 Å². The summed E-state index contributed by atoms with van der Waals surface area (Å²) < 4.78 is 2.31. The van der Waals surface area contributed by atoms with Gasteiger partial charge in [0.05, 0.1) is 6.04 Å². The quantitative estimate of drug-likeness (QED) is 0.710. The van der Waals surface area contributed by atoms with Gasteiger partial charge in [0.2, 0.25) is 0 Å². The maximum Gasteiger partial charge on any atom is 0.0737 e. The second-order valence-corrected chi connectivity index (χ2v) is 5.66. The lowest BCUT2D eigenvalue weighted by Crippen LogP contribution is -2.21. The van der Waals surface area contributed by atoms with Crippen molar-refractivity contribution in [3.05, 3.63) is 89.2 Å². The first-order valence-electron chi connectivity index (χ1n) is 7.38. The van der Waals surface area contributed by atoms with Crippen LogP contribution < -0.4 is 5.32 Å². The van der Waals surface area contributed by atoms with E-state index in [0.29, 0.717) is 0 Å². The van der Waals surface area contributed by atoms with Gasteiger partial charge >= 0.3 is 0 Å². The number of fused-ring (bicyclic) bond motifs is 3. The van der Waals surface area contributed by atoms with E-state index in [0.717, 1.165) is 6.54 Å². The summed E-state index contributed by atoms with van der Waals surface area (Å²) in [6, 6.07) is 22.0. The number of hydrogen-bond donors (Lipinski definition) is 1. The fourth-order valence-electron chi connectivity index (χ4n) is 3.11. The third kappa shape index (κ3) is 2.08. The van der Waals surface area contributed by atoms with Gasteiger partial charge in [0, 0.05) is 24.1 Å². The monoisotopic (exact) mass is 274 g/mol. The first-order chi connectivity index (χ1) is 10.3. The summed E-state index contributed by atoms with van der Waals surface area (Å²) in [6.45, 7) is 3.01. The third-order valence-corrected chi connectivity index (χ3v) is 4.23. The van der Waals surface area contributed by atoms with Crippen LogP contribution in [0, 0.1) is 6.92 Å². The molecule has 0 fully saturated rings. The van der Waals surface area contributed by atoms with Gasteiger partial charge in [-0.1, -0.05) is 48.0 Å². The molecule has 21 heavy (non-hydrogen) atoms. The van der Waals surface area contributed by atoms with Crippen molar-refractivity contribution in [2.45, 2.75) is 19.5 Å². The van der Waals surface area contributed by atoms with Crippen LogP contribution in [0.15, 0.2) is 66.9 Å². The average molecular weight is 274 g/mol. The molecule has 0 aliphatic carbocycles. The number of aryl methyl sites for hydroxylation is 1. The van der Waals surface area contributed by atoms with Crippen LogP contribution in [0.25, 0.3) is 5.69 Å². The molecule has 1 aromatic heterocycles. The van der Waals surface area contributed by atoms with Gasteiger partial charge in [-0.05, 0) is 36.2 Å². The minimum atomic E-state index is 0.230. The van der Waals surface area contributed by atoms with Crippen LogP contribution >= 0.6 is 0 Å². The molecule has 2 nitrogen and oxygen atoms in total. The summed E-state index contributed by atoms with van der Waals surface area (Å²) in [5.74, 6) is 0. The molecule has 2 aromatic carbocycles. The Bertz CT molecular complexity index is 768. The Morgan fingerprint density at radius 3 is 2.62 bits per heavy atom. The number of aromatic nitrogens is 1. The van der Waals surface area contributed by atoms with Crippen molar-refractivity contribution in [3.63, 3.8) is 0 Å². The number of hydrogen-bond acceptors (Lipinski definition) is 1. The van der Waals surface area contributed by atoms with E-state index in [1.54, 1.807) is 0 Å². The van der Waals surface area contributed by atoms with E-state index in [9.17, 15) is 0 Å². The molecule has 104 valence electrons. The molecule has 0 saturated carbocycles. The van der Waals surface area contributed by atoms with Gasteiger partial charge in [-0.15, -0.1) is 0 Å². The fourth-order valence-corrected chi connectivity index (χ4v) is 3.11. The summed E-state index contributed by atoms with van der Waals surface area (Å²) >= 11 is 0. The van der Waals surface area contributed by atoms with Crippen molar-refractivity contribution >= 4 is 0 Å². The molecule has 0 amide bonds. The molecule has 1 aliphatic heterocycles. The first kappa shape index (κ1) is 12.4. The Labute approximate surface area is 125 Å². The van der Waals surface area contributed by atoms with Gasteiger partial charge in [0.1, 0.15) is 0 Å². The Kier molecular flexibility index (Phi) is 2.90. The van der Waals surface area contributed by atoms with Gasteiger partial charge in [0.25, 0.3) is 0 Å². The summed E-state index contributed by atoms with van der Waals surface area (Å²) in [4.78, 5) is 0. The third-order valence-electron chi connectivity index (χ3n) is 4.23. The molecular weight excluding hydrogens is 256 g/mol. The SMILES string of the molecule is Cc1ccc([C@H]2NCc3ccccc3-n3cccc32)cc1. The van der Waals surface area contributed by atoms with E-state index in [1.807, 2.05) is 0 Å². The van der Waals surface area contributed by atoms with E-state index >= 15 is 0 Å². The molecule has 0 saturated heterocycles. The second kappa shape index (κ2) is 4.90. The van der Waals surface area contributed by atoms with Gasteiger partial charge < -0.3 is 9.88 Å². The predicted octanol–water partition coefficient (Wildman–Crippen LogP) is 3.98. The number of rotatable bonds is 1. The minimum Gasteiger partial charge on any atom is -0.319 e. The Morgan fingerprint density at radius 2 is 1.76 bits per heavy atom. The van der Waals surface area contributed by atoms with Crippen LogP contribution in [0.1, 0.15) is 28.4 Å². The summed E-state index contributed by atoms with van der Waals surface area (Å²) in [6.07, 6.45) is 2.16. The lowest BCUT2D eigenvalue weighted by molar-refractivity contribution is 0.601. The largest absolute Gasteiger partial charge is 0.319 e. The molecule has 2 heterocycles. The van der Waals surface area contributed by atoms with Gasteiger partial charge in [-0.2, -0.15) is 0 Å². The lowest BCUT2D eigenvalue weighted by atomic mass is 10.0. The number of nitrogens with one attached hydrogen (secondary N) is 1. The smallest absolute Gasteiger partial charge is 0.0737 e. The lowest BCUT2D eigenvalue weighted by Gasteiger charge is -2.18. The highest BCUT2D eigenvalue weighted by molar-refractivity contribution is 5.46. The zero-order valence-electron chi connectivity index (χ0n) is 12.1. The van der Waals surface area contributed by atoms with Crippen LogP contribution in [0.4, 0.5) is 0 Å². The molecule has 0 unspecified atom stereocenters. The van der Waals surface area contributed by atoms with Crippen LogP contribution in [-0.2, 0) is 6.54 Å². The number of benzene rings is 2. The van der Waals surface area contributed by atoms with E-state index < -0.39 is 0 Å². The molecule has 3 aromatic rings. The van der Waals surface area contributed by atoms with Crippen LogP contribution in [0.3, 0.4) is 0 Å². The van der Waals surface area contributed by atoms with Gasteiger partial charge in [-0.3, -0.25) is 0 Å². The summed E-state index contributed by atoms with van der Waals surface area (Å²) in [7, 11) is 0. The van der Waals surface area contributed by atoms with E-state index in [-0.39, 0.29) is 6.04 Å². The molecule has 0 radical (unpaired) electrons. The van der Waals surface area contributed by atoms with E-state index in [4.69, 9.17) is 0 Å².